The van der Waals surface area contributed by atoms with Gasteiger partial charge in [0.15, 0.2) is 0 Å². The summed E-state index contributed by atoms with van der Waals surface area (Å²) in [6.07, 6.45) is 1.54. The number of halogens is 2. The van der Waals surface area contributed by atoms with Crippen molar-refractivity contribution in [2.24, 2.45) is 0 Å². The molecular weight excluding hydrogens is 511 g/mol. The molecule has 0 bridgehead atoms. The maximum Gasteiger partial charge on any atom is 0.322 e. The molecule has 1 saturated heterocycles. The van der Waals surface area contributed by atoms with E-state index in [-0.39, 0.29) is 30.3 Å². The SMILES string of the molecule is CO[C@@H]1C[C@H](C(=O)Nc2ccc(-n3cc4ccccc4cc3=O)cc2F)N(C(=O)Nc2ccc(Cl)cc2)C1. The number of methoxy groups -OCH3 is 1. The summed E-state index contributed by atoms with van der Waals surface area (Å²) in [6.45, 7) is 0.195. The minimum Gasteiger partial charge on any atom is -0.380 e. The Morgan fingerprint density at radius 2 is 1.74 bits per heavy atom. The second-order valence-corrected chi connectivity index (χ2v) is 9.40. The number of carbonyl (C=O) groups is 2. The monoisotopic (exact) mass is 534 g/mol. The van der Waals surface area contributed by atoms with Crippen LogP contribution in [0.25, 0.3) is 16.5 Å². The van der Waals surface area contributed by atoms with Crippen molar-refractivity contribution in [3.8, 4) is 5.69 Å². The molecule has 194 valence electrons. The van der Waals surface area contributed by atoms with Gasteiger partial charge in [0.1, 0.15) is 11.9 Å². The normalized spacial score (nSPS) is 17.0. The highest BCUT2D eigenvalue weighted by Gasteiger charge is 2.40. The van der Waals surface area contributed by atoms with Crippen LogP contribution >= 0.6 is 11.6 Å². The molecule has 4 aromatic rings. The zero-order valence-corrected chi connectivity index (χ0v) is 21.1. The van der Waals surface area contributed by atoms with Crippen LogP contribution in [0.3, 0.4) is 0 Å². The molecule has 3 amide bonds. The highest BCUT2D eigenvalue weighted by Crippen LogP contribution is 2.25. The number of amides is 3. The Balaban J connectivity index is 1.34. The lowest BCUT2D eigenvalue weighted by Crippen LogP contribution is -2.45. The van der Waals surface area contributed by atoms with E-state index in [0.29, 0.717) is 16.4 Å². The number of hydrogen-bond acceptors (Lipinski definition) is 4. The minimum absolute atomic E-state index is 0.0634. The molecule has 8 nitrogen and oxygen atoms in total. The van der Waals surface area contributed by atoms with E-state index in [1.54, 1.807) is 36.5 Å². The first kappa shape index (κ1) is 25.4. The van der Waals surface area contributed by atoms with Gasteiger partial charge in [0, 0.05) is 49.1 Å². The fraction of sp³-hybridized carbons (Fsp3) is 0.179. The molecule has 1 aliphatic heterocycles. The van der Waals surface area contributed by atoms with Crippen molar-refractivity contribution in [1.82, 2.24) is 9.47 Å². The highest BCUT2D eigenvalue weighted by atomic mass is 35.5. The van der Waals surface area contributed by atoms with Crippen LogP contribution in [0.2, 0.25) is 5.02 Å². The molecule has 2 N–H and O–H groups in total. The smallest absolute Gasteiger partial charge is 0.322 e. The third-order valence-electron chi connectivity index (χ3n) is 6.52. The molecule has 5 rings (SSSR count). The number of nitrogens with one attached hydrogen (secondary N) is 2. The van der Waals surface area contributed by atoms with Crippen molar-refractivity contribution in [2.45, 2.75) is 18.6 Å². The summed E-state index contributed by atoms with van der Waals surface area (Å²) in [7, 11) is 1.51. The zero-order chi connectivity index (χ0) is 26.8. The lowest BCUT2D eigenvalue weighted by molar-refractivity contribution is -0.119. The van der Waals surface area contributed by atoms with Gasteiger partial charge < -0.3 is 20.3 Å². The van der Waals surface area contributed by atoms with E-state index >= 15 is 4.39 Å². The maximum atomic E-state index is 15.1. The lowest BCUT2D eigenvalue weighted by Gasteiger charge is -2.24. The van der Waals surface area contributed by atoms with Gasteiger partial charge in [0.05, 0.1) is 17.5 Å². The third-order valence-corrected chi connectivity index (χ3v) is 6.78. The van der Waals surface area contributed by atoms with Crippen LogP contribution in [-0.4, -0.2) is 47.2 Å². The Morgan fingerprint density at radius 3 is 2.45 bits per heavy atom. The van der Waals surface area contributed by atoms with E-state index in [9.17, 15) is 14.4 Å². The quantitative estimate of drug-likeness (QED) is 0.375. The van der Waals surface area contributed by atoms with Crippen molar-refractivity contribution < 1.29 is 18.7 Å². The first-order valence-corrected chi connectivity index (χ1v) is 12.3. The van der Waals surface area contributed by atoms with Gasteiger partial charge in [-0.2, -0.15) is 0 Å². The van der Waals surface area contributed by atoms with Crippen molar-refractivity contribution in [3.63, 3.8) is 0 Å². The van der Waals surface area contributed by atoms with Crippen molar-refractivity contribution in [3.05, 3.63) is 100 Å². The molecule has 1 fully saturated rings. The van der Waals surface area contributed by atoms with E-state index in [0.717, 1.165) is 10.8 Å². The van der Waals surface area contributed by atoms with E-state index < -0.39 is 23.8 Å². The van der Waals surface area contributed by atoms with Crippen molar-refractivity contribution in [2.75, 3.05) is 24.3 Å². The molecular formula is C28H24ClFN4O4. The van der Waals surface area contributed by atoms with Crippen LogP contribution in [0.5, 0.6) is 0 Å². The van der Waals surface area contributed by atoms with Gasteiger partial charge in [-0.15, -0.1) is 0 Å². The average Bonchev–Trinajstić information content (AvgIpc) is 3.36. The largest absolute Gasteiger partial charge is 0.380 e. The van der Waals surface area contributed by atoms with E-state index in [2.05, 4.69) is 10.6 Å². The molecule has 1 aliphatic rings. The molecule has 2 heterocycles. The Hall–Kier alpha value is -4.21. The highest BCUT2D eigenvalue weighted by molar-refractivity contribution is 6.30. The molecule has 3 aromatic carbocycles. The number of rotatable bonds is 5. The van der Waals surface area contributed by atoms with Gasteiger partial charge in [-0.3, -0.25) is 14.2 Å². The predicted octanol–water partition coefficient (Wildman–Crippen LogP) is 5.04. The number of likely N-dealkylation sites (tertiary alicyclic amines) is 1. The Labute approximate surface area is 222 Å². The summed E-state index contributed by atoms with van der Waals surface area (Å²) in [6, 6.07) is 18.2. The number of hydrogen-bond donors (Lipinski definition) is 2. The number of ether oxygens (including phenoxy) is 1. The zero-order valence-electron chi connectivity index (χ0n) is 20.4. The molecule has 10 heteroatoms. The van der Waals surface area contributed by atoms with Gasteiger partial charge >= 0.3 is 6.03 Å². The van der Waals surface area contributed by atoms with Gasteiger partial charge in [0.25, 0.3) is 5.56 Å². The number of pyridine rings is 1. The van der Waals surface area contributed by atoms with Crippen LogP contribution in [0.4, 0.5) is 20.6 Å². The van der Waals surface area contributed by atoms with Gasteiger partial charge in [-0.25, -0.2) is 9.18 Å². The van der Waals surface area contributed by atoms with Crippen LogP contribution in [0, 0.1) is 5.82 Å². The van der Waals surface area contributed by atoms with Crippen molar-refractivity contribution >= 4 is 45.7 Å². The average molecular weight is 535 g/mol. The van der Waals surface area contributed by atoms with Crippen molar-refractivity contribution in [1.29, 1.82) is 0 Å². The molecule has 0 radical (unpaired) electrons. The summed E-state index contributed by atoms with van der Waals surface area (Å²) in [5.74, 6) is -1.26. The van der Waals surface area contributed by atoms with Gasteiger partial charge in [-0.1, -0.05) is 35.9 Å². The molecule has 0 unspecified atom stereocenters. The maximum absolute atomic E-state index is 15.1. The Morgan fingerprint density at radius 1 is 1.00 bits per heavy atom. The number of fused-ring (bicyclic) bond motifs is 1. The Kier molecular flexibility index (Phi) is 7.13. The molecule has 38 heavy (non-hydrogen) atoms. The number of carbonyl (C=O) groups excluding carboxylic acids is 2. The van der Waals surface area contributed by atoms with E-state index in [4.69, 9.17) is 16.3 Å². The second kappa shape index (κ2) is 10.6. The van der Waals surface area contributed by atoms with Crippen LogP contribution in [0.1, 0.15) is 6.42 Å². The number of aromatic nitrogens is 1. The predicted molar refractivity (Wildman–Crippen MR) is 145 cm³/mol. The van der Waals surface area contributed by atoms with Crippen LogP contribution in [0.15, 0.2) is 83.8 Å². The summed E-state index contributed by atoms with van der Waals surface area (Å²) in [4.78, 5) is 40.1. The summed E-state index contributed by atoms with van der Waals surface area (Å²) in [5, 5.41) is 7.47. The Bertz CT molecular complexity index is 1570. The number of urea groups is 1. The number of nitrogens with zero attached hydrogens (tertiary/aromatic N) is 2. The molecule has 0 saturated carbocycles. The fourth-order valence-corrected chi connectivity index (χ4v) is 4.63. The second-order valence-electron chi connectivity index (χ2n) is 8.96. The summed E-state index contributed by atoms with van der Waals surface area (Å²) in [5.41, 5.74) is 0.468. The summed E-state index contributed by atoms with van der Waals surface area (Å²) < 4.78 is 21.8. The van der Waals surface area contributed by atoms with Crippen LogP contribution in [-0.2, 0) is 9.53 Å². The van der Waals surface area contributed by atoms with Crippen LogP contribution < -0.4 is 16.2 Å². The number of benzene rings is 3. The van der Waals surface area contributed by atoms with E-state index in [1.165, 1.54) is 34.8 Å². The standard InChI is InChI=1S/C28H24ClFN4O4/c1-38-22-14-25(34(16-22)28(37)31-20-8-6-19(29)7-9-20)27(36)32-24-11-10-21(13-23(24)30)33-15-18-5-3-2-4-17(18)12-26(33)35/h2-13,15,22,25H,14,16H2,1H3,(H,31,37)(H,32,36)/t22-,25-/m1/s1. The first-order chi connectivity index (χ1) is 18.3. The molecule has 2 atom stereocenters. The first-order valence-electron chi connectivity index (χ1n) is 11.9. The third kappa shape index (κ3) is 5.25. The van der Waals surface area contributed by atoms with E-state index in [1.807, 2.05) is 24.3 Å². The van der Waals surface area contributed by atoms with Gasteiger partial charge in [0.2, 0.25) is 5.91 Å². The molecule has 1 aromatic heterocycles. The fourth-order valence-electron chi connectivity index (χ4n) is 4.51. The summed E-state index contributed by atoms with van der Waals surface area (Å²) >= 11 is 5.90. The topological polar surface area (TPSA) is 92.7 Å². The minimum atomic E-state index is -0.880. The van der Waals surface area contributed by atoms with Gasteiger partial charge in [-0.05, 0) is 47.2 Å². The molecule has 0 aliphatic carbocycles. The molecule has 0 spiro atoms. The number of anilines is 2. The lowest BCUT2D eigenvalue weighted by atomic mass is 10.1.